The number of hydrogen-bond acceptors (Lipinski definition) is 5. The third kappa shape index (κ3) is 10.6. The summed E-state index contributed by atoms with van der Waals surface area (Å²) in [5.41, 5.74) is 0. The van der Waals surface area contributed by atoms with Crippen molar-refractivity contribution in [2.75, 3.05) is 6.61 Å². The van der Waals surface area contributed by atoms with Crippen molar-refractivity contribution in [3.63, 3.8) is 0 Å². The molecule has 1 saturated heterocycles. The van der Waals surface area contributed by atoms with Gasteiger partial charge in [-0.2, -0.15) is 0 Å². The van der Waals surface area contributed by atoms with Crippen molar-refractivity contribution >= 4 is 5.78 Å². The first-order valence-electron chi connectivity index (χ1n) is 11.2. The maximum atomic E-state index is 12.0. The predicted octanol–water partition coefficient (Wildman–Crippen LogP) is 3.91. The number of aliphatic hydroxyl groups is 3. The molecule has 3 N–H and O–H groups in total. The summed E-state index contributed by atoms with van der Waals surface area (Å²) in [6, 6.07) is 0. The lowest BCUT2D eigenvalue weighted by atomic mass is 10.0. The Hall–Kier alpha value is -0.490. The highest BCUT2D eigenvalue weighted by atomic mass is 16.6. The van der Waals surface area contributed by atoms with Gasteiger partial charge in [0.15, 0.2) is 0 Å². The van der Waals surface area contributed by atoms with Gasteiger partial charge in [-0.3, -0.25) is 4.79 Å². The minimum atomic E-state index is -1.11. The highest BCUT2D eigenvalue weighted by Gasteiger charge is 2.42. The molecule has 0 aromatic carbocycles. The van der Waals surface area contributed by atoms with Gasteiger partial charge >= 0.3 is 0 Å². The van der Waals surface area contributed by atoms with Gasteiger partial charge in [0.05, 0.1) is 12.7 Å². The van der Waals surface area contributed by atoms with Crippen LogP contribution < -0.4 is 0 Å². The van der Waals surface area contributed by atoms with Crippen molar-refractivity contribution in [3.05, 3.63) is 0 Å². The Morgan fingerprint density at radius 2 is 1.19 bits per heavy atom. The van der Waals surface area contributed by atoms with Gasteiger partial charge in [0, 0.05) is 12.8 Å². The zero-order valence-corrected chi connectivity index (χ0v) is 17.3. The molecular weight excluding hydrogens is 344 g/mol. The molecular formula is C22H42O5. The number of rotatable bonds is 17. The van der Waals surface area contributed by atoms with Crippen LogP contribution in [0.15, 0.2) is 0 Å². The molecule has 2 unspecified atom stereocenters. The van der Waals surface area contributed by atoms with Crippen molar-refractivity contribution in [2.45, 2.75) is 128 Å². The predicted molar refractivity (Wildman–Crippen MR) is 108 cm³/mol. The fourth-order valence-corrected chi connectivity index (χ4v) is 3.81. The quantitative estimate of drug-likeness (QED) is 0.330. The first kappa shape index (κ1) is 24.5. The first-order chi connectivity index (χ1) is 13.1. The Morgan fingerprint density at radius 1 is 0.741 bits per heavy atom. The highest BCUT2D eigenvalue weighted by molar-refractivity contribution is 5.79. The largest absolute Gasteiger partial charge is 0.394 e. The number of unbranched alkanes of at least 4 members (excludes halogenated alkanes) is 12. The topological polar surface area (TPSA) is 87.0 Å². The Bertz CT molecular complexity index is 374. The zero-order chi connectivity index (χ0) is 19.9. The zero-order valence-electron chi connectivity index (χ0n) is 17.3. The smallest absolute Gasteiger partial charge is 0.135 e. The van der Waals surface area contributed by atoms with E-state index in [-0.39, 0.29) is 18.8 Å². The first-order valence-corrected chi connectivity index (χ1v) is 11.2. The lowest BCUT2D eigenvalue weighted by molar-refractivity contribution is -0.123. The van der Waals surface area contributed by atoms with Crippen LogP contribution >= 0.6 is 0 Å². The lowest BCUT2D eigenvalue weighted by Gasteiger charge is -2.13. The number of Topliss-reactive ketones (excluding diaryl/α,β-unsaturated/α-hetero) is 1. The van der Waals surface area contributed by atoms with Gasteiger partial charge in [0.25, 0.3) is 0 Å². The molecule has 0 aromatic heterocycles. The van der Waals surface area contributed by atoms with Crippen LogP contribution in [0.2, 0.25) is 0 Å². The Kier molecular flexibility index (Phi) is 14.0. The maximum absolute atomic E-state index is 12.0. The molecule has 0 amide bonds. The van der Waals surface area contributed by atoms with Crippen molar-refractivity contribution in [1.82, 2.24) is 0 Å². The van der Waals surface area contributed by atoms with Crippen LogP contribution in [0.25, 0.3) is 0 Å². The monoisotopic (exact) mass is 386 g/mol. The minimum absolute atomic E-state index is 0.0629. The molecule has 1 heterocycles. The standard InChI is InChI=1S/C22H42O5/c1-2-3-4-5-6-7-8-9-10-11-12-13-14-15-18(24)16-19-21(25)22(26)20(17-23)27-19/h19-23,25-26H,2-17H2,1H3/t19?,20-,21?,22+/m1/s1. The van der Waals surface area contributed by atoms with Crippen molar-refractivity contribution in [3.8, 4) is 0 Å². The van der Waals surface area contributed by atoms with Crippen molar-refractivity contribution in [1.29, 1.82) is 0 Å². The fraction of sp³-hybridized carbons (Fsp3) is 0.955. The number of ether oxygens (including phenoxy) is 1. The normalized spacial score (nSPS) is 25.2. The van der Waals surface area contributed by atoms with Gasteiger partial charge < -0.3 is 20.1 Å². The van der Waals surface area contributed by atoms with Gasteiger partial charge in [-0.15, -0.1) is 0 Å². The summed E-state index contributed by atoms with van der Waals surface area (Å²) in [5, 5.41) is 28.6. The molecule has 4 atom stereocenters. The Balaban J connectivity index is 1.90. The van der Waals surface area contributed by atoms with E-state index >= 15 is 0 Å². The summed E-state index contributed by atoms with van der Waals surface area (Å²) < 4.78 is 5.35. The second kappa shape index (κ2) is 15.4. The van der Waals surface area contributed by atoms with E-state index in [4.69, 9.17) is 9.84 Å². The molecule has 0 radical (unpaired) electrons. The van der Waals surface area contributed by atoms with E-state index in [0.717, 1.165) is 12.8 Å². The van der Waals surface area contributed by atoms with Crippen molar-refractivity contribution in [2.24, 2.45) is 0 Å². The summed E-state index contributed by atoms with van der Waals surface area (Å²) in [4.78, 5) is 12.0. The minimum Gasteiger partial charge on any atom is -0.394 e. The number of ketones is 1. The van der Waals surface area contributed by atoms with E-state index in [1.165, 1.54) is 70.6 Å². The Labute approximate surface area is 165 Å². The van der Waals surface area contributed by atoms with Gasteiger partial charge in [-0.05, 0) is 6.42 Å². The van der Waals surface area contributed by atoms with E-state index in [0.29, 0.717) is 6.42 Å². The van der Waals surface area contributed by atoms with Gasteiger partial charge in [0.2, 0.25) is 0 Å². The highest BCUT2D eigenvalue weighted by Crippen LogP contribution is 2.24. The molecule has 5 nitrogen and oxygen atoms in total. The number of aliphatic hydroxyl groups excluding tert-OH is 3. The molecule has 160 valence electrons. The molecule has 1 rings (SSSR count). The molecule has 1 aliphatic rings. The van der Waals surface area contributed by atoms with E-state index in [1.54, 1.807) is 0 Å². The molecule has 0 aromatic rings. The molecule has 0 bridgehead atoms. The van der Waals surface area contributed by atoms with Crippen LogP contribution in [0.3, 0.4) is 0 Å². The molecule has 0 aliphatic carbocycles. The summed E-state index contributed by atoms with van der Waals surface area (Å²) >= 11 is 0. The van der Waals surface area contributed by atoms with Crippen LogP contribution in [0, 0.1) is 0 Å². The fourth-order valence-electron chi connectivity index (χ4n) is 3.81. The van der Waals surface area contributed by atoms with Crippen LogP contribution in [-0.2, 0) is 9.53 Å². The van der Waals surface area contributed by atoms with Gasteiger partial charge in [0.1, 0.15) is 24.1 Å². The van der Waals surface area contributed by atoms with E-state index < -0.39 is 24.4 Å². The maximum Gasteiger partial charge on any atom is 0.135 e. The lowest BCUT2D eigenvalue weighted by Crippen LogP contribution is -2.34. The average Bonchev–Trinajstić information content (AvgIpc) is 2.93. The van der Waals surface area contributed by atoms with Crippen LogP contribution in [-0.4, -0.2) is 52.1 Å². The molecule has 27 heavy (non-hydrogen) atoms. The third-order valence-electron chi connectivity index (χ3n) is 5.63. The average molecular weight is 387 g/mol. The van der Waals surface area contributed by atoms with E-state index in [1.807, 2.05) is 0 Å². The van der Waals surface area contributed by atoms with Crippen LogP contribution in [0.4, 0.5) is 0 Å². The van der Waals surface area contributed by atoms with E-state index in [2.05, 4.69) is 6.92 Å². The molecule has 1 fully saturated rings. The number of hydrogen-bond donors (Lipinski definition) is 3. The van der Waals surface area contributed by atoms with E-state index in [9.17, 15) is 15.0 Å². The summed E-state index contributed by atoms with van der Waals surface area (Å²) in [7, 11) is 0. The second-order valence-electron chi connectivity index (χ2n) is 8.11. The SMILES string of the molecule is CCCCCCCCCCCCCCCC(=O)CC1O[C@H](CO)[C@H](O)C1O. The summed E-state index contributed by atoms with van der Waals surface area (Å²) in [6.07, 6.45) is 13.6. The Morgan fingerprint density at radius 3 is 1.63 bits per heavy atom. The third-order valence-corrected chi connectivity index (χ3v) is 5.63. The number of carbonyl (C=O) groups excluding carboxylic acids is 1. The molecule has 0 spiro atoms. The second-order valence-corrected chi connectivity index (χ2v) is 8.11. The van der Waals surface area contributed by atoms with Crippen LogP contribution in [0.1, 0.15) is 103 Å². The van der Waals surface area contributed by atoms with Crippen LogP contribution in [0.5, 0.6) is 0 Å². The summed E-state index contributed by atoms with van der Waals surface area (Å²) in [6.45, 7) is 1.91. The number of carbonyl (C=O) groups is 1. The summed E-state index contributed by atoms with van der Waals surface area (Å²) in [5.74, 6) is 0.0629. The molecule has 5 heteroatoms. The van der Waals surface area contributed by atoms with Gasteiger partial charge in [-0.1, -0.05) is 84.0 Å². The molecule has 0 saturated carbocycles. The molecule has 1 aliphatic heterocycles. The van der Waals surface area contributed by atoms with Gasteiger partial charge in [-0.25, -0.2) is 0 Å². The van der Waals surface area contributed by atoms with Crippen molar-refractivity contribution < 1.29 is 24.9 Å².